The maximum Gasteiger partial charge on any atom is 0.433 e. The van der Waals surface area contributed by atoms with Crippen molar-refractivity contribution in [3.05, 3.63) is 0 Å². The number of carbonyl (C=O) groups excluding carboxylic acids is 2. The Morgan fingerprint density at radius 3 is 2.60 bits per heavy atom. The number of rotatable bonds is 5. The summed E-state index contributed by atoms with van der Waals surface area (Å²) in [6.07, 6.45) is 2.74. The number of oxime groups is 1. The van der Waals surface area contributed by atoms with Crippen LogP contribution in [0.3, 0.4) is 0 Å². The van der Waals surface area contributed by atoms with Crippen LogP contribution in [-0.4, -0.2) is 35.6 Å². The summed E-state index contributed by atoms with van der Waals surface area (Å²) in [5.74, 6) is -0.139. The molecule has 0 aromatic rings. The third kappa shape index (κ3) is 7.99. The minimum Gasteiger partial charge on any atom is -0.313 e. The highest BCUT2D eigenvalue weighted by molar-refractivity contribution is 8.00. The Bertz CT molecular complexity index is 264. The Balaban J connectivity index is 3.85. The number of ketones is 1. The summed E-state index contributed by atoms with van der Waals surface area (Å²) in [4.78, 5) is 25.9. The molecule has 0 aromatic carbocycles. The zero-order valence-electron chi connectivity index (χ0n) is 9.36. The molecule has 15 heavy (non-hydrogen) atoms. The molecule has 0 heterocycles. The van der Waals surface area contributed by atoms with Crippen molar-refractivity contribution >= 4 is 29.9 Å². The number of thioether (sulfide) groups is 1. The summed E-state index contributed by atoms with van der Waals surface area (Å²) in [7, 11) is 0. The second-order valence-electron chi connectivity index (χ2n) is 3.48. The molecule has 6 heteroatoms. The Morgan fingerprint density at radius 2 is 2.13 bits per heavy atom. The highest BCUT2D eigenvalue weighted by atomic mass is 32.2. The van der Waals surface area contributed by atoms with Crippen LogP contribution in [0.4, 0.5) is 4.79 Å². The SMILES string of the molecule is CSC(C)(C)/C=N/OC(=O)NCC(C)=O. The van der Waals surface area contributed by atoms with E-state index in [0.717, 1.165) is 0 Å². The van der Waals surface area contributed by atoms with E-state index in [1.54, 1.807) is 11.8 Å². The predicted molar refractivity (Wildman–Crippen MR) is 61.3 cm³/mol. The molecule has 0 unspecified atom stereocenters. The van der Waals surface area contributed by atoms with Crippen molar-refractivity contribution in [1.82, 2.24) is 5.32 Å². The van der Waals surface area contributed by atoms with Gasteiger partial charge in [-0.25, -0.2) is 4.79 Å². The highest BCUT2D eigenvalue weighted by Crippen LogP contribution is 2.17. The van der Waals surface area contributed by atoms with Crippen LogP contribution in [0.1, 0.15) is 20.8 Å². The highest BCUT2D eigenvalue weighted by Gasteiger charge is 2.12. The molecule has 0 fully saturated rings. The molecule has 1 amide bonds. The van der Waals surface area contributed by atoms with Crippen molar-refractivity contribution in [2.45, 2.75) is 25.5 Å². The molecular formula is C9H16N2O3S. The van der Waals surface area contributed by atoms with Gasteiger partial charge in [0.2, 0.25) is 0 Å². The van der Waals surface area contributed by atoms with Crippen molar-refractivity contribution < 1.29 is 14.4 Å². The Kier molecular flexibility index (Phi) is 6.00. The summed E-state index contributed by atoms with van der Waals surface area (Å²) < 4.78 is -0.180. The monoisotopic (exact) mass is 232 g/mol. The molecule has 0 saturated carbocycles. The van der Waals surface area contributed by atoms with E-state index >= 15 is 0 Å². The number of nitrogens with zero attached hydrogens (tertiary/aromatic N) is 1. The maximum atomic E-state index is 10.9. The van der Waals surface area contributed by atoms with Gasteiger partial charge in [0.25, 0.3) is 0 Å². The Morgan fingerprint density at radius 1 is 1.53 bits per heavy atom. The van der Waals surface area contributed by atoms with Gasteiger partial charge in [-0.3, -0.25) is 9.63 Å². The van der Waals surface area contributed by atoms with E-state index in [2.05, 4.69) is 15.3 Å². The molecular weight excluding hydrogens is 216 g/mol. The van der Waals surface area contributed by atoms with Crippen LogP contribution in [0.5, 0.6) is 0 Å². The maximum absolute atomic E-state index is 10.9. The van der Waals surface area contributed by atoms with Crippen LogP contribution < -0.4 is 5.32 Å². The first kappa shape index (κ1) is 14.0. The lowest BCUT2D eigenvalue weighted by Crippen LogP contribution is -2.28. The summed E-state index contributed by atoms with van der Waals surface area (Å²) in [5, 5.41) is 5.78. The number of amides is 1. The smallest absolute Gasteiger partial charge is 0.313 e. The largest absolute Gasteiger partial charge is 0.433 e. The Hall–Kier alpha value is -1.04. The minimum absolute atomic E-state index is 0.0414. The van der Waals surface area contributed by atoms with Crippen LogP contribution in [0.15, 0.2) is 5.16 Å². The minimum atomic E-state index is -0.724. The van der Waals surface area contributed by atoms with Gasteiger partial charge in [0.05, 0.1) is 12.8 Å². The fraction of sp³-hybridized carbons (Fsp3) is 0.667. The van der Waals surface area contributed by atoms with Gasteiger partial charge in [0.15, 0.2) is 0 Å². The number of hydrogen-bond donors (Lipinski definition) is 1. The van der Waals surface area contributed by atoms with Crippen LogP contribution in [-0.2, 0) is 9.63 Å². The number of hydrogen-bond acceptors (Lipinski definition) is 5. The molecule has 0 atom stereocenters. The fourth-order valence-electron chi connectivity index (χ4n) is 0.483. The topological polar surface area (TPSA) is 67.8 Å². The predicted octanol–water partition coefficient (Wildman–Crippen LogP) is 1.43. The van der Waals surface area contributed by atoms with Gasteiger partial charge in [-0.05, 0) is 27.0 Å². The number of nitrogens with one attached hydrogen (secondary N) is 1. The average Bonchev–Trinajstić information content (AvgIpc) is 2.14. The number of carbonyl (C=O) groups is 2. The van der Waals surface area contributed by atoms with Crippen molar-refractivity contribution in [2.24, 2.45) is 5.16 Å². The van der Waals surface area contributed by atoms with Crippen LogP contribution >= 0.6 is 11.8 Å². The summed E-state index contributed by atoms with van der Waals surface area (Å²) in [6, 6.07) is 0. The third-order valence-electron chi connectivity index (χ3n) is 1.51. The van der Waals surface area contributed by atoms with Crippen molar-refractivity contribution in [3.8, 4) is 0 Å². The zero-order valence-corrected chi connectivity index (χ0v) is 10.2. The van der Waals surface area contributed by atoms with E-state index in [1.165, 1.54) is 13.1 Å². The molecule has 0 aliphatic heterocycles. The van der Waals surface area contributed by atoms with E-state index in [4.69, 9.17) is 0 Å². The van der Waals surface area contributed by atoms with Crippen molar-refractivity contribution in [2.75, 3.05) is 12.8 Å². The van der Waals surface area contributed by atoms with Gasteiger partial charge in [0, 0.05) is 4.75 Å². The van der Waals surface area contributed by atoms with Gasteiger partial charge >= 0.3 is 6.09 Å². The van der Waals surface area contributed by atoms with Gasteiger partial charge in [-0.15, -0.1) is 0 Å². The molecule has 1 N–H and O–H groups in total. The molecule has 0 aliphatic rings. The summed E-state index contributed by atoms with van der Waals surface area (Å²) in [6.45, 7) is 5.22. The quantitative estimate of drug-likeness (QED) is 0.442. The van der Waals surface area contributed by atoms with Crippen LogP contribution in [0.25, 0.3) is 0 Å². The molecule has 0 rings (SSSR count). The van der Waals surface area contributed by atoms with Gasteiger partial charge in [-0.2, -0.15) is 11.8 Å². The summed E-state index contributed by atoms with van der Waals surface area (Å²) in [5.41, 5.74) is 0. The lowest BCUT2D eigenvalue weighted by Gasteiger charge is -2.13. The molecule has 0 spiro atoms. The molecule has 0 aromatic heterocycles. The zero-order chi connectivity index (χ0) is 11.9. The van der Waals surface area contributed by atoms with Gasteiger partial charge < -0.3 is 5.32 Å². The van der Waals surface area contributed by atoms with Crippen LogP contribution in [0, 0.1) is 0 Å². The second kappa shape index (κ2) is 6.44. The number of Topliss-reactive ketones (excluding diaryl/α,β-unsaturated/α-hetero) is 1. The van der Waals surface area contributed by atoms with E-state index < -0.39 is 6.09 Å². The standard InChI is InChI=1S/C9H16N2O3S/c1-7(12)5-10-8(13)14-11-6-9(2,3)15-4/h6H,5H2,1-4H3,(H,10,13)/b11-6+. The van der Waals surface area contributed by atoms with E-state index in [1.807, 2.05) is 20.1 Å². The van der Waals surface area contributed by atoms with E-state index in [0.29, 0.717) is 0 Å². The first-order valence-electron chi connectivity index (χ1n) is 4.41. The van der Waals surface area contributed by atoms with Crippen LogP contribution in [0.2, 0.25) is 0 Å². The average molecular weight is 232 g/mol. The first-order valence-corrected chi connectivity index (χ1v) is 5.64. The van der Waals surface area contributed by atoms with Crippen molar-refractivity contribution in [1.29, 1.82) is 0 Å². The van der Waals surface area contributed by atoms with Crippen molar-refractivity contribution in [3.63, 3.8) is 0 Å². The molecule has 0 aliphatic carbocycles. The lowest BCUT2D eigenvalue weighted by molar-refractivity contribution is -0.116. The molecule has 0 radical (unpaired) electrons. The molecule has 0 saturated heterocycles. The van der Waals surface area contributed by atoms with Gasteiger partial charge in [-0.1, -0.05) is 5.16 Å². The molecule has 0 bridgehead atoms. The molecule has 5 nitrogen and oxygen atoms in total. The fourth-order valence-corrected chi connectivity index (χ4v) is 0.631. The Labute approximate surface area is 93.6 Å². The summed E-state index contributed by atoms with van der Waals surface area (Å²) >= 11 is 1.58. The molecule has 86 valence electrons. The second-order valence-corrected chi connectivity index (χ2v) is 4.94. The lowest BCUT2D eigenvalue weighted by atomic mass is 10.2. The van der Waals surface area contributed by atoms with Gasteiger partial charge in [0.1, 0.15) is 5.78 Å². The first-order chi connectivity index (χ1) is 6.87. The van der Waals surface area contributed by atoms with E-state index in [-0.39, 0.29) is 17.1 Å². The third-order valence-corrected chi connectivity index (χ3v) is 2.66. The normalized spacial score (nSPS) is 11.5. The van der Waals surface area contributed by atoms with E-state index in [9.17, 15) is 9.59 Å².